The van der Waals surface area contributed by atoms with Crippen LogP contribution < -0.4 is 16.0 Å². The molecule has 1 amide bonds. The molecule has 0 aliphatic rings. The molecule has 0 saturated heterocycles. The van der Waals surface area contributed by atoms with Crippen molar-refractivity contribution in [2.75, 3.05) is 18.4 Å². The van der Waals surface area contributed by atoms with Crippen molar-refractivity contribution in [3.8, 4) is 0 Å². The molecule has 0 aliphatic carbocycles. The van der Waals surface area contributed by atoms with Crippen molar-refractivity contribution in [2.45, 2.75) is 26.8 Å². The van der Waals surface area contributed by atoms with Crippen LogP contribution in [0.15, 0.2) is 46.8 Å². The highest BCUT2D eigenvalue weighted by Crippen LogP contribution is 2.10. The van der Waals surface area contributed by atoms with E-state index in [-0.39, 0.29) is 5.91 Å². The van der Waals surface area contributed by atoms with Crippen molar-refractivity contribution < 1.29 is 4.79 Å². The zero-order chi connectivity index (χ0) is 17.2. The lowest BCUT2D eigenvalue weighted by Gasteiger charge is -2.11. The van der Waals surface area contributed by atoms with Gasteiger partial charge in [-0.15, -0.1) is 11.3 Å². The highest BCUT2D eigenvalue weighted by atomic mass is 32.1. The van der Waals surface area contributed by atoms with Gasteiger partial charge in [-0.1, -0.05) is 18.2 Å². The number of nitrogens with zero attached hydrogens (tertiary/aromatic N) is 1. The predicted octanol–water partition coefficient (Wildman–Crippen LogP) is 3.00. The Morgan fingerprint density at radius 1 is 1.17 bits per heavy atom. The van der Waals surface area contributed by atoms with Crippen LogP contribution in [0.2, 0.25) is 0 Å². The van der Waals surface area contributed by atoms with Crippen LogP contribution in [0.1, 0.15) is 24.3 Å². The lowest BCUT2D eigenvalue weighted by atomic mass is 10.1. The van der Waals surface area contributed by atoms with Crippen LogP contribution in [-0.4, -0.2) is 25.0 Å². The zero-order valence-electron chi connectivity index (χ0n) is 14.1. The first-order valence-electron chi connectivity index (χ1n) is 8.08. The molecular weight excluding hydrogens is 320 g/mol. The van der Waals surface area contributed by atoms with Crippen LogP contribution in [0.25, 0.3) is 0 Å². The highest BCUT2D eigenvalue weighted by molar-refractivity contribution is 7.09. The summed E-state index contributed by atoms with van der Waals surface area (Å²) in [5.74, 6) is 0.780. The Bertz CT molecular complexity index is 650. The summed E-state index contributed by atoms with van der Waals surface area (Å²) in [6.07, 6.45) is 0.893. The molecule has 1 heterocycles. The molecule has 0 spiro atoms. The van der Waals surface area contributed by atoms with E-state index in [2.05, 4.69) is 39.3 Å². The van der Waals surface area contributed by atoms with Gasteiger partial charge < -0.3 is 16.0 Å². The molecule has 0 radical (unpaired) electrons. The number of amides is 1. The van der Waals surface area contributed by atoms with E-state index in [1.165, 1.54) is 17.4 Å². The standard InChI is InChI=1S/C18H24N4OS/c1-3-19-18(21-13-17-5-4-12-24-17)20-11-10-15-6-8-16(9-7-15)22-14(2)23/h4-9,12H,3,10-11,13H2,1-2H3,(H,22,23)(H2,19,20,21). The van der Waals surface area contributed by atoms with Gasteiger partial charge in [0.25, 0.3) is 0 Å². The molecule has 2 rings (SSSR count). The Kier molecular flexibility index (Phi) is 7.29. The molecule has 0 saturated carbocycles. The normalized spacial score (nSPS) is 11.2. The Balaban J connectivity index is 1.81. The molecule has 0 aliphatic heterocycles. The van der Waals surface area contributed by atoms with E-state index in [0.717, 1.165) is 31.2 Å². The molecule has 0 atom stereocenters. The fraction of sp³-hybridized carbons (Fsp3) is 0.333. The summed E-state index contributed by atoms with van der Waals surface area (Å²) >= 11 is 1.72. The number of rotatable bonds is 7. The van der Waals surface area contributed by atoms with Crippen molar-refractivity contribution >= 4 is 28.9 Å². The largest absolute Gasteiger partial charge is 0.357 e. The van der Waals surface area contributed by atoms with Crippen LogP contribution in [-0.2, 0) is 17.8 Å². The third-order valence-electron chi connectivity index (χ3n) is 3.30. The summed E-state index contributed by atoms with van der Waals surface area (Å²) in [5, 5.41) is 11.4. The molecule has 0 bridgehead atoms. The monoisotopic (exact) mass is 344 g/mol. The number of aliphatic imine (C=N–C) groups is 1. The second-order valence-electron chi connectivity index (χ2n) is 5.33. The summed E-state index contributed by atoms with van der Waals surface area (Å²) < 4.78 is 0. The quantitative estimate of drug-likeness (QED) is 0.534. The number of guanidine groups is 1. The maximum atomic E-state index is 11.0. The molecular formula is C18H24N4OS. The number of thiophene rings is 1. The van der Waals surface area contributed by atoms with Crippen molar-refractivity contribution in [2.24, 2.45) is 4.99 Å². The second-order valence-corrected chi connectivity index (χ2v) is 6.36. The van der Waals surface area contributed by atoms with Gasteiger partial charge in [-0.05, 0) is 42.5 Å². The fourth-order valence-electron chi connectivity index (χ4n) is 2.18. The molecule has 0 unspecified atom stereocenters. The van der Waals surface area contributed by atoms with E-state index in [0.29, 0.717) is 6.54 Å². The molecule has 24 heavy (non-hydrogen) atoms. The number of carbonyl (C=O) groups is 1. The summed E-state index contributed by atoms with van der Waals surface area (Å²) in [6, 6.07) is 12.0. The van der Waals surface area contributed by atoms with Crippen LogP contribution in [0.3, 0.4) is 0 Å². The Hall–Kier alpha value is -2.34. The van der Waals surface area contributed by atoms with E-state index in [4.69, 9.17) is 0 Å². The Morgan fingerprint density at radius 2 is 1.96 bits per heavy atom. The van der Waals surface area contributed by atoms with Gasteiger partial charge in [0.15, 0.2) is 5.96 Å². The summed E-state index contributed by atoms with van der Waals surface area (Å²) in [5.41, 5.74) is 2.04. The third-order valence-corrected chi connectivity index (χ3v) is 4.16. The molecule has 3 N–H and O–H groups in total. The summed E-state index contributed by atoms with van der Waals surface area (Å²) in [7, 11) is 0. The van der Waals surface area contributed by atoms with Gasteiger partial charge >= 0.3 is 0 Å². The lowest BCUT2D eigenvalue weighted by molar-refractivity contribution is -0.114. The number of anilines is 1. The summed E-state index contributed by atoms with van der Waals surface area (Å²) in [4.78, 5) is 16.9. The molecule has 1 aromatic heterocycles. The lowest BCUT2D eigenvalue weighted by Crippen LogP contribution is -2.38. The van der Waals surface area contributed by atoms with Gasteiger partial charge in [0.2, 0.25) is 5.91 Å². The van der Waals surface area contributed by atoms with E-state index in [9.17, 15) is 4.79 Å². The SMILES string of the molecule is CCNC(=NCc1cccs1)NCCc1ccc(NC(C)=O)cc1. The van der Waals surface area contributed by atoms with E-state index < -0.39 is 0 Å². The van der Waals surface area contributed by atoms with Crippen LogP contribution >= 0.6 is 11.3 Å². The average molecular weight is 344 g/mol. The Morgan fingerprint density at radius 3 is 2.58 bits per heavy atom. The first kappa shape index (κ1) is 18.0. The Labute approximate surface area is 147 Å². The van der Waals surface area contributed by atoms with Crippen LogP contribution in [0.5, 0.6) is 0 Å². The molecule has 0 fully saturated rings. The van der Waals surface area contributed by atoms with Gasteiger partial charge in [-0.2, -0.15) is 0 Å². The zero-order valence-corrected chi connectivity index (χ0v) is 15.0. The van der Waals surface area contributed by atoms with Gasteiger partial charge in [-0.3, -0.25) is 4.79 Å². The second kappa shape index (κ2) is 9.72. The van der Waals surface area contributed by atoms with Crippen molar-refractivity contribution in [1.82, 2.24) is 10.6 Å². The van der Waals surface area contributed by atoms with Crippen molar-refractivity contribution in [3.05, 3.63) is 52.2 Å². The van der Waals surface area contributed by atoms with E-state index >= 15 is 0 Å². The van der Waals surface area contributed by atoms with Crippen LogP contribution in [0, 0.1) is 0 Å². The first-order valence-corrected chi connectivity index (χ1v) is 8.96. The first-order chi connectivity index (χ1) is 11.7. The van der Waals surface area contributed by atoms with Gasteiger partial charge in [0.05, 0.1) is 6.54 Å². The minimum Gasteiger partial charge on any atom is -0.357 e. The minimum atomic E-state index is -0.0540. The minimum absolute atomic E-state index is 0.0540. The highest BCUT2D eigenvalue weighted by Gasteiger charge is 2.00. The van der Waals surface area contributed by atoms with Gasteiger partial charge in [0.1, 0.15) is 0 Å². The molecule has 5 nitrogen and oxygen atoms in total. The smallest absolute Gasteiger partial charge is 0.221 e. The number of hydrogen-bond acceptors (Lipinski definition) is 3. The molecule has 2 aromatic rings. The predicted molar refractivity (Wildman–Crippen MR) is 102 cm³/mol. The van der Waals surface area contributed by atoms with E-state index in [1.807, 2.05) is 30.3 Å². The topological polar surface area (TPSA) is 65.5 Å². The third kappa shape index (κ3) is 6.42. The number of nitrogens with one attached hydrogen (secondary N) is 3. The molecule has 128 valence electrons. The fourth-order valence-corrected chi connectivity index (χ4v) is 2.81. The van der Waals surface area contributed by atoms with Crippen molar-refractivity contribution in [3.63, 3.8) is 0 Å². The number of hydrogen-bond donors (Lipinski definition) is 3. The van der Waals surface area contributed by atoms with Gasteiger partial charge in [0, 0.05) is 30.6 Å². The molecule has 6 heteroatoms. The van der Waals surface area contributed by atoms with Gasteiger partial charge in [-0.25, -0.2) is 4.99 Å². The van der Waals surface area contributed by atoms with Crippen molar-refractivity contribution in [1.29, 1.82) is 0 Å². The number of benzene rings is 1. The average Bonchev–Trinajstić information content (AvgIpc) is 3.07. The maximum absolute atomic E-state index is 11.0. The summed E-state index contributed by atoms with van der Waals surface area (Å²) in [6.45, 7) is 5.90. The number of carbonyl (C=O) groups excluding carboxylic acids is 1. The molecule has 1 aromatic carbocycles. The van der Waals surface area contributed by atoms with E-state index in [1.54, 1.807) is 11.3 Å². The van der Waals surface area contributed by atoms with Crippen LogP contribution in [0.4, 0.5) is 5.69 Å². The maximum Gasteiger partial charge on any atom is 0.221 e.